The van der Waals surface area contributed by atoms with Gasteiger partial charge < -0.3 is 25.4 Å². The fraction of sp³-hybridized carbons (Fsp3) is 0.357. The molecule has 0 radical (unpaired) electrons. The molecule has 0 saturated carbocycles. The van der Waals surface area contributed by atoms with Gasteiger partial charge in [-0.05, 0) is 19.1 Å². The van der Waals surface area contributed by atoms with Crippen LogP contribution in [0.25, 0.3) is 0 Å². The quantitative estimate of drug-likeness (QED) is 0.875. The lowest BCUT2D eigenvalue weighted by Gasteiger charge is -2.17. The Labute approximate surface area is 128 Å². The molecule has 1 aromatic carbocycles. The van der Waals surface area contributed by atoms with E-state index in [1.165, 1.54) is 0 Å². The molecule has 0 aliphatic carbocycles. The third kappa shape index (κ3) is 2.80. The molecular weight excluding hydrogens is 284 g/mol. The van der Waals surface area contributed by atoms with Gasteiger partial charge in [0.2, 0.25) is 18.7 Å². The van der Waals surface area contributed by atoms with Gasteiger partial charge >= 0.3 is 0 Å². The number of hydrogen-bond donors (Lipinski definition) is 2. The molecule has 8 heteroatoms. The largest absolute Gasteiger partial charge is 0.454 e. The number of nitrogen functional groups attached to an aromatic ring is 1. The van der Waals surface area contributed by atoms with Crippen molar-refractivity contribution in [3.8, 4) is 11.5 Å². The molecule has 0 saturated heterocycles. The third-order valence-corrected chi connectivity index (χ3v) is 3.20. The second-order valence-corrected chi connectivity index (χ2v) is 5.18. The Kier molecular flexibility index (Phi) is 3.58. The first kappa shape index (κ1) is 14.2. The maximum atomic E-state index is 5.75. The van der Waals surface area contributed by atoms with E-state index in [-0.39, 0.29) is 18.8 Å². The zero-order chi connectivity index (χ0) is 15.7. The second kappa shape index (κ2) is 5.55. The van der Waals surface area contributed by atoms with E-state index in [1.807, 2.05) is 39.2 Å². The van der Waals surface area contributed by atoms with Crippen LogP contribution in [0.3, 0.4) is 0 Å². The maximum absolute atomic E-state index is 5.75. The number of nitrogens with one attached hydrogen (secondary N) is 1. The summed E-state index contributed by atoms with van der Waals surface area (Å²) in [6.45, 7) is 2.21. The number of nitrogens with two attached hydrogens (primary N) is 1. The molecule has 1 aliphatic heterocycles. The Morgan fingerprint density at radius 1 is 1.18 bits per heavy atom. The summed E-state index contributed by atoms with van der Waals surface area (Å²) in [5, 5.41) is 3.32. The van der Waals surface area contributed by atoms with Gasteiger partial charge in [0.25, 0.3) is 0 Å². The molecule has 0 spiro atoms. The van der Waals surface area contributed by atoms with E-state index in [1.54, 1.807) is 4.90 Å². The maximum Gasteiger partial charge on any atom is 0.231 e. The van der Waals surface area contributed by atoms with E-state index >= 15 is 0 Å². The third-order valence-electron chi connectivity index (χ3n) is 3.20. The molecule has 0 fully saturated rings. The number of hydrogen-bond acceptors (Lipinski definition) is 8. The van der Waals surface area contributed by atoms with E-state index in [4.69, 9.17) is 15.2 Å². The number of rotatable bonds is 4. The van der Waals surface area contributed by atoms with Gasteiger partial charge in [0.1, 0.15) is 0 Å². The Balaban J connectivity index is 1.81. The van der Waals surface area contributed by atoms with Crippen molar-refractivity contribution in [3.63, 3.8) is 0 Å². The fourth-order valence-electron chi connectivity index (χ4n) is 2.09. The SMILES string of the molecule is CC(Nc1ccc2c(c1)OCO2)c1nc(N)nc(N(C)C)n1. The summed E-state index contributed by atoms with van der Waals surface area (Å²) in [4.78, 5) is 14.5. The summed E-state index contributed by atoms with van der Waals surface area (Å²) < 4.78 is 10.7. The molecule has 0 amide bonds. The Morgan fingerprint density at radius 2 is 1.95 bits per heavy atom. The first-order valence-electron chi connectivity index (χ1n) is 6.88. The summed E-state index contributed by atoms with van der Waals surface area (Å²) in [7, 11) is 3.71. The van der Waals surface area contributed by atoms with E-state index in [2.05, 4.69) is 20.3 Å². The van der Waals surface area contributed by atoms with Gasteiger partial charge in [-0.25, -0.2) is 0 Å². The molecule has 22 heavy (non-hydrogen) atoms. The molecule has 116 valence electrons. The van der Waals surface area contributed by atoms with Crippen molar-refractivity contribution in [2.75, 3.05) is 36.8 Å². The molecule has 1 unspecified atom stereocenters. The molecule has 1 aromatic heterocycles. The van der Waals surface area contributed by atoms with Gasteiger partial charge in [0.15, 0.2) is 17.3 Å². The summed E-state index contributed by atoms with van der Waals surface area (Å²) in [6, 6.07) is 5.53. The van der Waals surface area contributed by atoms with Gasteiger partial charge in [-0.2, -0.15) is 15.0 Å². The van der Waals surface area contributed by atoms with Gasteiger partial charge in [-0.15, -0.1) is 0 Å². The van der Waals surface area contributed by atoms with Crippen molar-refractivity contribution in [2.45, 2.75) is 13.0 Å². The molecule has 3 rings (SSSR count). The molecule has 1 aliphatic rings. The number of ether oxygens (including phenoxy) is 2. The monoisotopic (exact) mass is 302 g/mol. The van der Waals surface area contributed by atoms with Crippen LogP contribution in [0.4, 0.5) is 17.6 Å². The van der Waals surface area contributed by atoms with Crippen LogP contribution in [0.5, 0.6) is 11.5 Å². The molecular formula is C14H18N6O2. The second-order valence-electron chi connectivity index (χ2n) is 5.18. The van der Waals surface area contributed by atoms with Gasteiger partial charge in [-0.1, -0.05) is 0 Å². The highest BCUT2D eigenvalue weighted by Crippen LogP contribution is 2.35. The lowest BCUT2D eigenvalue weighted by molar-refractivity contribution is 0.174. The van der Waals surface area contributed by atoms with Gasteiger partial charge in [0.05, 0.1) is 6.04 Å². The van der Waals surface area contributed by atoms with Crippen LogP contribution >= 0.6 is 0 Å². The van der Waals surface area contributed by atoms with Crippen molar-refractivity contribution >= 4 is 17.6 Å². The summed E-state index contributed by atoms with van der Waals surface area (Å²) in [5.41, 5.74) is 6.64. The summed E-state index contributed by atoms with van der Waals surface area (Å²) in [6.07, 6.45) is 0. The van der Waals surface area contributed by atoms with E-state index < -0.39 is 0 Å². The zero-order valence-corrected chi connectivity index (χ0v) is 12.7. The lowest BCUT2D eigenvalue weighted by atomic mass is 10.2. The number of benzene rings is 1. The number of anilines is 3. The molecule has 0 bridgehead atoms. The molecule has 2 aromatic rings. The minimum atomic E-state index is -0.135. The predicted molar refractivity (Wildman–Crippen MR) is 83.2 cm³/mol. The van der Waals surface area contributed by atoms with Gasteiger partial charge in [-0.3, -0.25) is 0 Å². The molecule has 1 atom stereocenters. The smallest absolute Gasteiger partial charge is 0.231 e. The van der Waals surface area contributed by atoms with Crippen LogP contribution in [0.1, 0.15) is 18.8 Å². The van der Waals surface area contributed by atoms with Crippen molar-refractivity contribution in [1.82, 2.24) is 15.0 Å². The topological polar surface area (TPSA) is 98.4 Å². The zero-order valence-electron chi connectivity index (χ0n) is 12.7. The summed E-state index contributed by atoms with van der Waals surface area (Å²) >= 11 is 0. The Morgan fingerprint density at radius 3 is 2.73 bits per heavy atom. The number of nitrogens with zero attached hydrogens (tertiary/aromatic N) is 4. The normalized spacial score (nSPS) is 13.8. The minimum absolute atomic E-state index is 0.135. The van der Waals surface area contributed by atoms with Crippen molar-refractivity contribution in [2.24, 2.45) is 0 Å². The van der Waals surface area contributed by atoms with E-state index in [0.29, 0.717) is 11.8 Å². The first-order chi connectivity index (χ1) is 10.5. The Hall–Kier alpha value is -2.77. The van der Waals surface area contributed by atoms with Crippen LogP contribution in [-0.2, 0) is 0 Å². The highest BCUT2D eigenvalue weighted by Gasteiger charge is 2.16. The first-order valence-corrected chi connectivity index (χ1v) is 6.88. The van der Waals surface area contributed by atoms with Crippen molar-refractivity contribution in [3.05, 3.63) is 24.0 Å². The van der Waals surface area contributed by atoms with Crippen molar-refractivity contribution in [1.29, 1.82) is 0 Å². The molecule has 3 N–H and O–H groups in total. The van der Waals surface area contributed by atoms with Crippen LogP contribution in [0.15, 0.2) is 18.2 Å². The highest BCUT2D eigenvalue weighted by atomic mass is 16.7. The highest BCUT2D eigenvalue weighted by molar-refractivity contribution is 5.56. The van der Waals surface area contributed by atoms with Crippen LogP contribution in [0.2, 0.25) is 0 Å². The average molecular weight is 302 g/mol. The van der Waals surface area contributed by atoms with E-state index in [0.717, 1.165) is 17.2 Å². The minimum Gasteiger partial charge on any atom is -0.454 e. The average Bonchev–Trinajstić information content (AvgIpc) is 2.94. The van der Waals surface area contributed by atoms with Crippen LogP contribution in [0, 0.1) is 0 Å². The Bertz CT molecular complexity index is 691. The standard InChI is InChI=1S/C14H18N6O2/c1-8(12-17-13(15)19-14(18-12)20(2)3)16-9-4-5-10-11(6-9)22-7-21-10/h4-6,8,16H,7H2,1-3H3,(H2,15,17,18,19). The number of aromatic nitrogens is 3. The lowest BCUT2D eigenvalue weighted by Crippen LogP contribution is -2.19. The number of fused-ring (bicyclic) bond motifs is 1. The molecule has 2 heterocycles. The van der Waals surface area contributed by atoms with Gasteiger partial charge in [0, 0.05) is 25.8 Å². The predicted octanol–water partition coefficient (Wildman–Crippen LogP) is 1.42. The van der Waals surface area contributed by atoms with Crippen molar-refractivity contribution < 1.29 is 9.47 Å². The fourth-order valence-corrected chi connectivity index (χ4v) is 2.09. The summed E-state index contributed by atoms with van der Waals surface area (Å²) in [5.74, 6) is 2.78. The van der Waals surface area contributed by atoms with Crippen LogP contribution in [-0.4, -0.2) is 35.8 Å². The van der Waals surface area contributed by atoms with E-state index in [9.17, 15) is 0 Å². The molecule has 8 nitrogen and oxygen atoms in total. The van der Waals surface area contributed by atoms with Crippen LogP contribution < -0.4 is 25.4 Å².